The SMILES string of the molecule is CC[C@H]1O[C@@H](n2ncc3c(NCc4cccc(Cl)c4)nc(C#N)nc32)C(OC(C)=O)[C@@H]1C.CC[C@H]1O[C@@H](n2ncc3c(NCc4cccc(Cl)c4)nc(Cl)nc32)C(OC(C)=O)[C@@H]1C. The number of fused-ring (bicyclic) bond motifs is 2. The van der Waals surface area contributed by atoms with Crippen molar-refractivity contribution in [1.29, 1.82) is 5.26 Å². The number of benzene rings is 2. The van der Waals surface area contributed by atoms with Crippen LogP contribution >= 0.6 is 34.8 Å². The molecule has 0 radical (unpaired) electrons. The van der Waals surface area contributed by atoms with Gasteiger partial charge in [0, 0.05) is 48.8 Å². The fourth-order valence-corrected chi connectivity index (χ4v) is 8.52. The Balaban J connectivity index is 0.000000189. The van der Waals surface area contributed by atoms with E-state index in [4.69, 9.17) is 53.8 Å². The van der Waals surface area contributed by atoms with E-state index in [1.54, 1.807) is 27.8 Å². The molecule has 330 valence electrons. The highest BCUT2D eigenvalue weighted by Crippen LogP contribution is 2.40. The van der Waals surface area contributed by atoms with Gasteiger partial charge in [0.25, 0.3) is 0 Å². The number of hydrogen-bond acceptors (Lipinski definition) is 15. The lowest BCUT2D eigenvalue weighted by Gasteiger charge is -2.21. The second-order valence-electron chi connectivity index (χ2n) is 15.3. The molecule has 0 aliphatic carbocycles. The second kappa shape index (κ2) is 19.8. The van der Waals surface area contributed by atoms with Crippen LogP contribution in [0, 0.1) is 23.2 Å². The summed E-state index contributed by atoms with van der Waals surface area (Å²) in [4.78, 5) is 40.8. The summed E-state index contributed by atoms with van der Waals surface area (Å²) in [6.07, 6.45) is 2.40. The summed E-state index contributed by atoms with van der Waals surface area (Å²) in [5.41, 5.74) is 2.89. The summed E-state index contributed by atoms with van der Waals surface area (Å²) in [5, 5.41) is 27.6. The Morgan fingerprint density at radius 1 is 0.730 bits per heavy atom. The molecule has 63 heavy (non-hydrogen) atoms. The minimum Gasteiger partial charge on any atom is -0.457 e. The fourth-order valence-electron chi connectivity index (χ4n) is 7.93. The number of rotatable bonds is 12. The van der Waals surface area contributed by atoms with Gasteiger partial charge in [0.1, 0.15) is 17.7 Å². The van der Waals surface area contributed by atoms with Crippen molar-refractivity contribution >= 4 is 80.4 Å². The minimum absolute atomic E-state index is 0.00466. The Hall–Kier alpha value is -5.64. The van der Waals surface area contributed by atoms with Crippen molar-refractivity contribution in [3.63, 3.8) is 0 Å². The summed E-state index contributed by atoms with van der Waals surface area (Å²) < 4.78 is 26.7. The fraction of sp³-hybridized carbons (Fsp3) is 0.419. The van der Waals surface area contributed by atoms with Gasteiger partial charge in [-0.3, -0.25) is 9.59 Å². The van der Waals surface area contributed by atoms with Gasteiger partial charge in [0.2, 0.25) is 11.1 Å². The Bertz CT molecular complexity index is 2650. The lowest BCUT2D eigenvalue weighted by atomic mass is 9.98. The maximum Gasteiger partial charge on any atom is 0.303 e. The van der Waals surface area contributed by atoms with E-state index < -0.39 is 24.7 Å². The number of halogens is 3. The number of nitrogens with one attached hydrogen (secondary N) is 2. The molecule has 2 aliphatic rings. The van der Waals surface area contributed by atoms with Crippen molar-refractivity contribution in [2.45, 2.75) is 104 Å². The first-order valence-electron chi connectivity index (χ1n) is 20.5. The topological polar surface area (TPSA) is 206 Å². The first-order chi connectivity index (χ1) is 30.3. The van der Waals surface area contributed by atoms with Crippen molar-refractivity contribution in [2.24, 2.45) is 11.8 Å². The van der Waals surface area contributed by atoms with E-state index in [0.717, 1.165) is 24.0 Å². The molecule has 6 heterocycles. The first-order valence-corrected chi connectivity index (χ1v) is 21.6. The van der Waals surface area contributed by atoms with Crippen LogP contribution in [0.1, 0.15) is 83.8 Å². The number of carbonyl (C=O) groups excluding carboxylic acids is 2. The van der Waals surface area contributed by atoms with Crippen molar-refractivity contribution in [3.8, 4) is 6.07 Å². The molecule has 0 saturated carbocycles. The van der Waals surface area contributed by atoms with E-state index in [2.05, 4.69) is 40.8 Å². The van der Waals surface area contributed by atoms with Crippen LogP contribution in [0.5, 0.6) is 0 Å². The second-order valence-corrected chi connectivity index (χ2v) is 16.5. The van der Waals surface area contributed by atoms with Gasteiger partial charge in [-0.25, -0.2) is 14.3 Å². The van der Waals surface area contributed by atoms with Gasteiger partial charge in [-0.2, -0.15) is 30.4 Å². The van der Waals surface area contributed by atoms with E-state index in [9.17, 15) is 14.9 Å². The van der Waals surface area contributed by atoms with Crippen LogP contribution in [-0.2, 0) is 41.6 Å². The molecule has 2 aliphatic heterocycles. The molecule has 0 spiro atoms. The summed E-state index contributed by atoms with van der Waals surface area (Å²) in [6.45, 7) is 11.8. The van der Waals surface area contributed by atoms with Crippen LogP contribution in [0.4, 0.5) is 11.6 Å². The smallest absolute Gasteiger partial charge is 0.303 e. The van der Waals surface area contributed by atoms with E-state index in [0.29, 0.717) is 56.8 Å². The summed E-state index contributed by atoms with van der Waals surface area (Å²) in [6, 6.07) is 17.0. The van der Waals surface area contributed by atoms with Gasteiger partial charge in [0.05, 0.1) is 35.4 Å². The van der Waals surface area contributed by atoms with E-state index >= 15 is 0 Å². The molecule has 2 fully saturated rings. The van der Waals surface area contributed by atoms with Crippen LogP contribution in [-0.4, -0.2) is 75.9 Å². The maximum atomic E-state index is 11.7. The first kappa shape index (κ1) is 45.4. The number of ether oxygens (including phenoxy) is 4. The average molecular weight is 919 g/mol. The molecule has 2 saturated heterocycles. The Labute approximate surface area is 378 Å². The Morgan fingerprint density at radius 3 is 1.62 bits per heavy atom. The van der Waals surface area contributed by atoms with Gasteiger partial charge in [0.15, 0.2) is 36.0 Å². The molecule has 6 aromatic rings. The molecule has 17 nitrogen and oxygen atoms in total. The van der Waals surface area contributed by atoms with Crippen LogP contribution < -0.4 is 10.6 Å². The molecule has 2 N–H and O–H groups in total. The highest BCUT2D eigenvalue weighted by molar-refractivity contribution is 6.31. The lowest BCUT2D eigenvalue weighted by molar-refractivity contribution is -0.154. The van der Waals surface area contributed by atoms with Gasteiger partial charge in [-0.1, -0.05) is 75.2 Å². The molecule has 2 aromatic carbocycles. The highest BCUT2D eigenvalue weighted by Gasteiger charge is 2.47. The number of carbonyl (C=O) groups is 2. The summed E-state index contributed by atoms with van der Waals surface area (Å²) >= 11 is 18.4. The normalized spacial score (nSPS) is 22.9. The molecule has 4 aromatic heterocycles. The highest BCUT2D eigenvalue weighted by atomic mass is 35.5. The third-order valence-electron chi connectivity index (χ3n) is 11.0. The van der Waals surface area contributed by atoms with Crippen LogP contribution in [0.3, 0.4) is 0 Å². The largest absolute Gasteiger partial charge is 0.457 e. The summed E-state index contributed by atoms with van der Waals surface area (Å²) in [5.74, 6) is 0.245. The zero-order valence-electron chi connectivity index (χ0n) is 35.3. The van der Waals surface area contributed by atoms with Crippen molar-refractivity contribution < 1.29 is 28.5 Å². The number of aromatic nitrogens is 8. The van der Waals surface area contributed by atoms with Gasteiger partial charge in [-0.05, 0) is 59.8 Å². The number of hydrogen-bond donors (Lipinski definition) is 2. The zero-order chi connectivity index (χ0) is 44.9. The lowest BCUT2D eigenvalue weighted by Crippen LogP contribution is -2.30. The van der Waals surface area contributed by atoms with Gasteiger partial charge < -0.3 is 29.6 Å². The molecule has 20 heteroatoms. The number of anilines is 2. The molecule has 0 amide bonds. The van der Waals surface area contributed by atoms with Crippen LogP contribution in [0.15, 0.2) is 60.9 Å². The molecule has 2 unspecified atom stereocenters. The third-order valence-corrected chi connectivity index (χ3v) is 11.6. The minimum atomic E-state index is -0.654. The van der Waals surface area contributed by atoms with E-state index in [-0.39, 0.29) is 47.1 Å². The Kier molecular flexibility index (Phi) is 14.3. The summed E-state index contributed by atoms with van der Waals surface area (Å²) in [7, 11) is 0. The monoisotopic (exact) mass is 917 g/mol. The molecular formula is C43H46Cl3N11O6. The van der Waals surface area contributed by atoms with Crippen LogP contribution in [0.2, 0.25) is 15.3 Å². The molecular weight excluding hydrogens is 873 g/mol. The predicted octanol–water partition coefficient (Wildman–Crippen LogP) is 8.46. The number of nitriles is 1. The van der Waals surface area contributed by atoms with E-state index in [1.165, 1.54) is 13.8 Å². The maximum absolute atomic E-state index is 11.7. The van der Waals surface area contributed by atoms with Gasteiger partial charge in [-0.15, -0.1) is 0 Å². The number of esters is 2. The van der Waals surface area contributed by atoms with Gasteiger partial charge >= 0.3 is 11.9 Å². The number of nitrogens with zero attached hydrogens (tertiary/aromatic N) is 9. The average Bonchev–Trinajstić information content (AvgIpc) is 4.02. The predicted molar refractivity (Wildman–Crippen MR) is 236 cm³/mol. The zero-order valence-corrected chi connectivity index (χ0v) is 37.6. The molecule has 8 rings (SSSR count). The van der Waals surface area contributed by atoms with E-state index in [1.807, 2.05) is 76.2 Å². The van der Waals surface area contributed by atoms with Crippen molar-refractivity contribution in [2.75, 3.05) is 10.6 Å². The van der Waals surface area contributed by atoms with Crippen molar-refractivity contribution in [3.05, 3.63) is 93.2 Å². The van der Waals surface area contributed by atoms with Crippen molar-refractivity contribution in [1.82, 2.24) is 39.5 Å². The third kappa shape index (κ3) is 10.1. The Morgan fingerprint density at radius 2 is 1.19 bits per heavy atom. The standard InChI is InChI=1S/C22H23ClN6O3.C21H23Cl2N5O3/c1-4-17-12(2)19(31-13(3)30)22(32-17)29-21-16(11-26-29)20(27-18(9-24)28-21)25-10-14-6-5-7-15(23)8-14;1-4-16-11(2)17(30-12(3)29)20(31-16)28-19-15(10-25-28)18(26-21(23)27-19)24-9-13-6-5-7-14(22)8-13/h5-8,11-12,17,19,22H,4,10H2,1-3H3,(H,25,27,28);5-8,10-11,16-17,20H,4,9H2,1-3H3,(H,24,26,27)/t12-,17-,19?,22-;11-,16-,17?,20-/m11/s1. The molecule has 0 bridgehead atoms. The quantitative estimate of drug-likeness (QED) is 0.0872. The molecule has 8 atom stereocenters. The van der Waals surface area contributed by atoms with Crippen LogP contribution in [0.25, 0.3) is 22.1 Å².